The highest BCUT2D eigenvalue weighted by molar-refractivity contribution is 5.65. The van der Waals surface area contributed by atoms with Crippen LogP contribution in [0.5, 0.6) is 0 Å². The van der Waals surface area contributed by atoms with Gasteiger partial charge in [0, 0.05) is 44.5 Å². The fourth-order valence-electron chi connectivity index (χ4n) is 4.23. The molecule has 2 aromatic rings. The van der Waals surface area contributed by atoms with E-state index in [9.17, 15) is 9.90 Å². The van der Waals surface area contributed by atoms with Gasteiger partial charge in [0.15, 0.2) is 0 Å². The number of hydrogen-bond acceptors (Lipinski definition) is 7. The van der Waals surface area contributed by atoms with E-state index in [-0.39, 0.29) is 12.1 Å². The van der Waals surface area contributed by atoms with Crippen LogP contribution in [0.4, 0.5) is 16.5 Å². The Morgan fingerprint density at radius 2 is 2.13 bits per heavy atom. The van der Waals surface area contributed by atoms with Crippen molar-refractivity contribution < 1.29 is 19.1 Å². The molecular formula is C21H29N5O4. The Morgan fingerprint density at radius 3 is 2.83 bits per heavy atom. The third-order valence-corrected chi connectivity index (χ3v) is 5.90. The van der Waals surface area contributed by atoms with E-state index in [0.29, 0.717) is 18.5 Å². The van der Waals surface area contributed by atoms with Gasteiger partial charge in [0.2, 0.25) is 5.89 Å². The van der Waals surface area contributed by atoms with Gasteiger partial charge < -0.3 is 24.5 Å². The van der Waals surface area contributed by atoms with Gasteiger partial charge in [-0.15, -0.1) is 5.10 Å². The van der Waals surface area contributed by atoms with E-state index in [1.54, 1.807) is 0 Å². The molecule has 0 aliphatic carbocycles. The van der Waals surface area contributed by atoms with Gasteiger partial charge in [-0.25, -0.2) is 4.79 Å². The topological polar surface area (TPSA) is 104 Å². The number of nitrogens with zero attached hydrogens (tertiary/aromatic N) is 4. The Kier molecular flexibility index (Phi) is 5.92. The lowest BCUT2D eigenvalue weighted by Gasteiger charge is -2.38. The molecule has 1 amide bonds. The maximum Gasteiger partial charge on any atom is 0.407 e. The van der Waals surface area contributed by atoms with Crippen LogP contribution in [-0.2, 0) is 11.3 Å². The third kappa shape index (κ3) is 4.41. The highest BCUT2D eigenvalue weighted by Crippen LogP contribution is 2.30. The standard InChI is InChI=1S/C21H29N5O4/c1-13-9-16(12-25-6-7-26(21(27)28)14(2)11-25)15(3)17(10-13)22-20-24-23-19(30-20)18-5-4-8-29-18/h9-10,14,18H,4-8,11-12H2,1-3H3,(H,22,24)(H,27,28)/t14-,18?/m0/s1. The molecule has 1 aromatic heterocycles. The Balaban J connectivity index is 1.46. The van der Waals surface area contributed by atoms with Crippen LogP contribution >= 0.6 is 0 Å². The normalized spacial score (nSPS) is 22.4. The van der Waals surface area contributed by atoms with Crippen LogP contribution in [0.1, 0.15) is 48.5 Å². The number of carboxylic acid groups (broad SMARTS) is 1. The zero-order valence-corrected chi connectivity index (χ0v) is 17.7. The minimum absolute atomic E-state index is 0.0198. The van der Waals surface area contributed by atoms with Gasteiger partial charge in [-0.2, -0.15) is 0 Å². The lowest BCUT2D eigenvalue weighted by Crippen LogP contribution is -2.53. The Labute approximate surface area is 176 Å². The first kappa shape index (κ1) is 20.6. The fraction of sp³-hybridized carbons (Fsp3) is 0.571. The van der Waals surface area contributed by atoms with E-state index < -0.39 is 6.09 Å². The summed E-state index contributed by atoms with van der Waals surface area (Å²) in [6.45, 7) is 9.56. The van der Waals surface area contributed by atoms with Crippen molar-refractivity contribution in [1.82, 2.24) is 20.0 Å². The Bertz CT molecular complexity index is 909. The molecule has 3 heterocycles. The third-order valence-electron chi connectivity index (χ3n) is 5.90. The van der Waals surface area contributed by atoms with Gasteiger partial charge in [0.1, 0.15) is 6.10 Å². The first-order valence-corrected chi connectivity index (χ1v) is 10.4. The largest absolute Gasteiger partial charge is 0.465 e. The molecule has 30 heavy (non-hydrogen) atoms. The quantitative estimate of drug-likeness (QED) is 0.765. The summed E-state index contributed by atoms with van der Waals surface area (Å²) in [5.41, 5.74) is 4.39. The van der Waals surface area contributed by atoms with Crippen LogP contribution in [0.15, 0.2) is 16.5 Å². The molecule has 0 bridgehead atoms. The number of aryl methyl sites for hydroxylation is 1. The van der Waals surface area contributed by atoms with Crippen molar-refractivity contribution in [3.8, 4) is 0 Å². The molecule has 2 aliphatic rings. The number of aromatic nitrogens is 2. The van der Waals surface area contributed by atoms with E-state index in [1.807, 2.05) is 6.92 Å². The number of anilines is 2. The maximum absolute atomic E-state index is 11.3. The lowest BCUT2D eigenvalue weighted by atomic mass is 10.0. The van der Waals surface area contributed by atoms with Crippen LogP contribution in [0.3, 0.4) is 0 Å². The van der Waals surface area contributed by atoms with E-state index in [2.05, 4.69) is 46.4 Å². The van der Waals surface area contributed by atoms with Crippen molar-refractivity contribution in [2.75, 3.05) is 31.6 Å². The van der Waals surface area contributed by atoms with Crippen molar-refractivity contribution in [1.29, 1.82) is 0 Å². The Hall–Kier alpha value is -2.65. The van der Waals surface area contributed by atoms with Gasteiger partial charge in [-0.1, -0.05) is 11.2 Å². The van der Waals surface area contributed by atoms with E-state index in [1.165, 1.54) is 10.5 Å². The molecule has 0 radical (unpaired) electrons. The maximum atomic E-state index is 11.3. The number of benzene rings is 1. The number of nitrogens with one attached hydrogen (secondary N) is 1. The average Bonchev–Trinajstić information content (AvgIpc) is 3.37. The van der Waals surface area contributed by atoms with E-state index in [4.69, 9.17) is 9.15 Å². The minimum Gasteiger partial charge on any atom is -0.465 e. The summed E-state index contributed by atoms with van der Waals surface area (Å²) in [6, 6.07) is 4.59. The van der Waals surface area contributed by atoms with Crippen molar-refractivity contribution >= 4 is 17.8 Å². The summed E-state index contributed by atoms with van der Waals surface area (Å²) in [5, 5.41) is 20.8. The van der Waals surface area contributed by atoms with Crippen molar-refractivity contribution in [2.45, 2.75) is 52.3 Å². The molecular weight excluding hydrogens is 386 g/mol. The molecule has 2 fully saturated rings. The van der Waals surface area contributed by atoms with E-state index >= 15 is 0 Å². The fourth-order valence-corrected chi connectivity index (χ4v) is 4.23. The molecule has 4 rings (SSSR count). The second kappa shape index (κ2) is 8.61. The molecule has 162 valence electrons. The second-order valence-electron chi connectivity index (χ2n) is 8.23. The first-order valence-electron chi connectivity index (χ1n) is 10.4. The first-order chi connectivity index (χ1) is 14.4. The summed E-state index contributed by atoms with van der Waals surface area (Å²) in [7, 11) is 0. The van der Waals surface area contributed by atoms with Gasteiger partial charge in [-0.05, 0) is 56.4 Å². The molecule has 0 spiro atoms. The summed E-state index contributed by atoms with van der Waals surface area (Å²) >= 11 is 0. The van der Waals surface area contributed by atoms with Crippen LogP contribution in [0, 0.1) is 13.8 Å². The molecule has 1 aromatic carbocycles. The zero-order chi connectivity index (χ0) is 21.3. The predicted octanol–water partition coefficient (Wildman–Crippen LogP) is 3.47. The number of hydrogen-bond donors (Lipinski definition) is 2. The second-order valence-corrected chi connectivity index (χ2v) is 8.23. The molecule has 1 unspecified atom stereocenters. The predicted molar refractivity (Wildman–Crippen MR) is 111 cm³/mol. The molecule has 9 nitrogen and oxygen atoms in total. The summed E-state index contributed by atoms with van der Waals surface area (Å²) in [5.74, 6) is 0.519. The zero-order valence-electron chi connectivity index (χ0n) is 17.7. The highest BCUT2D eigenvalue weighted by Gasteiger charge is 2.27. The highest BCUT2D eigenvalue weighted by atomic mass is 16.5. The summed E-state index contributed by atoms with van der Waals surface area (Å²) in [6.07, 6.45) is 0.967. The van der Waals surface area contributed by atoms with Gasteiger partial charge in [0.05, 0.1) is 0 Å². The van der Waals surface area contributed by atoms with E-state index in [0.717, 1.165) is 55.9 Å². The number of carbonyl (C=O) groups is 1. The van der Waals surface area contributed by atoms with Gasteiger partial charge >= 0.3 is 12.1 Å². The summed E-state index contributed by atoms with van der Waals surface area (Å²) in [4.78, 5) is 15.1. The molecule has 2 saturated heterocycles. The molecule has 2 aliphatic heterocycles. The SMILES string of the molecule is Cc1cc(CN2CCN(C(=O)O)[C@@H](C)C2)c(C)c(Nc2nnc(C3CCCO3)o2)c1. The van der Waals surface area contributed by atoms with Gasteiger partial charge in [0.25, 0.3) is 0 Å². The van der Waals surface area contributed by atoms with Crippen LogP contribution < -0.4 is 5.32 Å². The number of piperazine rings is 1. The minimum atomic E-state index is -0.845. The number of amides is 1. The summed E-state index contributed by atoms with van der Waals surface area (Å²) < 4.78 is 11.4. The molecule has 2 atom stereocenters. The van der Waals surface area contributed by atoms with Crippen molar-refractivity contribution in [3.63, 3.8) is 0 Å². The van der Waals surface area contributed by atoms with Gasteiger partial charge in [-0.3, -0.25) is 4.90 Å². The van der Waals surface area contributed by atoms with Crippen molar-refractivity contribution in [2.24, 2.45) is 0 Å². The molecule has 9 heteroatoms. The van der Waals surface area contributed by atoms with Crippen LogP contribution in [0.25, 0.3) is 0 Å². The number of ether oxygens (including phenoxy) is 1. The van der Waals surface area contributed by atoms with Crippen molar-refractivity contribution in [3.05, 3.63) is 34.7 Å². The monoisotopic (exact) mass is 415 g/mol. The number of rotatable bonds is 5. The smallest absolute Gasteiger partial charge is 0.407 e. The van der Waals surface area contributed by atoms with Crippen LogP contribution in [-0.4, -0.2) is 63.5 Å². The lowest BCUT2D eigenvalue weighted by molar-refractivity contribution is 0.0710. The molecule has 2 N–H and O–H groups in total. The molecule has 0 saturated carbocycles. The Morgan fingerprint density at radius 1 is 1.30 bits per heavy atom. The average molecular weight is 415 g/mol. The van der Waals surface area contributed by atoms with Crippen LogP contribution in [0.2, 0.25) is 0 Å².